The Balaban J connectivity index is 1.54. The van der Waals surface area contributed by atoms with Crippen LogP contribution in [0, 0.1) is 6.92 Å². The minimum Gasteiger partial charge on any atom is -0.378 e. The molecule has 0 unspecified atom stereocenters. The van der Waals surface area contributed by atoms with Gasteiger partial charge in [-0.15, -0.1) is 0 Å². The third-order valence-corrected chi connectivity index (χ3v) is 6.02. The summed E-state index contributed by atoms with van der Waals surface area (Å²) >= 11 is 9.76. The molecule has 2 amide bonds. The van der Waals surface area contributed by atoms with Crippen LogP contribution in [0.1, 0.15) is 5.56 Å². The number of morpholine rings is 1. The predicted octanol–water partition coefficient (Wildman–Crippen LogP) is 5.29. The second kappa shape index (κ2) is 9.30. The first-order valence-electron chi connectivity index (χ1n) is 9.91. The second-order valence-electron chi connectivity index (χ2n) is 7.33. The maximum Gasteiger partial charge on any atom is 0.323 e. The highest BCUT2D eigenvalue weighted by molar-refractivity contribution is 9.10. The Bertz CT molecular complexity index is 1090. The highest BCUT2D eigenvalue weighted by Gasteiger charge is 2.17. The number of carbonyl (C=O) groups excluding carboxylic acids is 1. The molecule has 1 fully saturated rings. The minimum absolute atomic E-state index is 0.323. The van der Waals surface area contributed by atoms with E-state index in [1.165, 1.54) is 0 Å². The van der Waals surface area contributed by atoms with E-state index in [0.29, 0.717) is 29.6 Å². The molecule has 2 aromatic carbocycles. The third kappa shape index (κ3) is 4.87. The molecule has 0 atom stereocenters. The average molecular weight is 505 g/mol. The van der Waals surface area contributed by atoms with Gasteiger partial charge in [0.05, 0.1) is 41.0 Å². The number of nitrogens with one attached hydrogen (secondary N) is 2. The Labute approximate surface area is 194 Å². The largest absolute Gasteiger partial charge is 0.378 e. The molecular weight excluding hydrogens is 482 g/mol. The lowest BCUT2D eigenvalue weighted by molar-refractivity contribution is 0.123. The molecule has 3 aromatic rings. The lowest BCUT2D eigenvalue weighted by atomic mass is 10.0. The molecule has 0 radical (unpaired) electrons. The number of hydrogen-bond acceptors (Lipinski definition) is 4. The SMILES string of the molecule is Cc1ccc(NC(=O)Nc2ccc(Cl)cc2N2CCOCC2)cc1-c1c(Br)cnn1C. The zero-order valence-electron chi connectivity index (χ0n) is 17.3. The number of aryl methyl sites for hydroxylation is 2. The van der Waals surface area contributed by atoms with Crippen LogP contribution >= 0.6 is 27.5 Å². The van der Waals surface area contributed by atoms with Gasteiger partial charge in [0, 0.05) is 36.4 Å². The first-order valence-corrected chi connectivity index (χ1v) is 11.1. The number of benzene rings is 2. The van der Waals surface area contributed by atoms with Crippen LogP contribution in [0.25, 0.3) is 11.3 Å². The van der Waals surface area contributed by atoms with Crippen molar-refractivity contribution in [2.45, 2.75) is 6.92 Å². The summed E-state index contributed by atoms with van der Waals surface area (Å²) in [5, 5.41) is 10.8. The number of hydrogen-bond donors (Lipinski definition) is 2. The number of aromatic nitrogens is 2. The normalized spacial score (nSPS) is 13.9. The zero-order chi connectivity index (χ0) is 22.0. The summed E-state index contributed by atoms with van der Waals surface area (Å²) in [4.78, 5) is 15.0. The van der Waals surface area contributed by atoms with Crippen molar-refractivity contribution in [1.29, 1.82) is 0 Å². The van der Waals surface area contributed by atoms with Crippen LogP contribution in [0.4, 0.5) is 21.9 Å². The molecule has 7 nitrogen and oxygen atoms in total. The van der Waals surface area contributed by atoms with Crippen LogP contribution in [-0.2, 0) is 11.8 Å². The molecule has 1 saturated heterocycles. The number of ether oxygens (including phenoxy) is 1. The van der Waals surface area contributed by atoms with Gasteiger partial charge in [-0.2, -0.15) is 5.10 Å². The maximum atomic E-state index is 12.8. The van der Waals surface area contributed by atoms with Crippen molar-refractivity contribution < 1.29 is 9.53 Å². The monoisotopic (exact) mass is 503 g/mol. The number of nitrogens with zero attached hydrogens (tertiary/aromatic N) is 3. The average Bonchev–Trinajstić information content (AvgIpc) is 3.09. The summed E-state index contributed by atoms with van der Waals surface area (Å²) in [7, 11) is 1.89. The number of anilines is 3. The predicted molar refractivity (Wildman–Crippen MR) is 128 cm³/mol. The Morgan fingerprint density at radius 1 is 1.16 bits per heavy atom. The highest BCUT2D eigenvalue weighted by atomic mass is 79.9. The quantitative estimate of drug-likeness (QED) is 0.506. The number of halogens is 2. The fraction of sp³-hybridized carbons (Fsp3) is 0.273. The molecule has 1 aromatic heterocycles. The Morgan fingerprint density at radius 2 is 1.94 bits per heavy atom. The maximum absolute atomic E-state index is 12.8. The van der Waals surface area contributed by atoms with Crippen molar-refractivity contribution >= 4 is 50.6 Å². The van der Waals surface area contributed by atoms with Crippen molar-refractivity contribution in [3.8, 4) is 11.3 Å². The van der Waals surface area contributed by atoms with Gasteiger partial charge in [0.25, 0.3) is 0 Å². The van der Waals surface area contributed by atoms with E-state index in [4.69, 9.17) is 16.3 Å². The van der Waals surface area contributed by atoms with Crippen LogP contribution < -0.4 is 15.5 Å². The van der Waals surface area contributed by atoms with Gasteiger partial charge < -0.3 is 20.3 Å². The molecule has 31 heavy (non-hydrogen) atoms. The van der Waals surface area contributed by atoms with Gasteiger partial charge in [0.2, 0.25) is 0 Å². The van der Waals surface area contributed by atoms with Gasteiger partial charge in [-0.3, -0.25) is 4.68 Å². The van der Waals surface area contributed by atoms with E-state index < -0.39 is 0 Å². The van der Waals surface area contributed by atoms with E-state index in [1.54, 1.807) is 16.9 Å². The van der Waals surface area contributed by atoms with Gasteiger partial charge in [-0.1, -0.05) is 17.7 Å². The molecule has 2 N–H and O–H groups in total. The molecule has 4 rings (SSSR count). The molecule has 1 aliphatic rings. The summed E-state index contributed by atoms with van der Waals surface area (Å²) in [5.74, 6) is 0. The molecule has 0 spiro atoms. The molecule has 9 heteroatoms. The minimum atomic E-state index is -0.323. The Kier molecular flexibility index (Phi) is 6.50. The fourth-order valence-electron chi connectivity index (χ4n) is 3.63. The van der Waals surface area contributed by atoms with Gasteiger partial charge in [0.15, 0.2) is 0 Å². The zero-order valence-corrected chi connectivity index (χ0v) is 19.6. The summed E-state index contributed by atoms with van der Waals surface area (Å²) in [6, 6.07) is 10.9. The van der Waals surface area contributed by atoms with Crippen LogP contribution in [0.5, 0.6) is 0 Å². The summed E-state index contributed by atoms with van der Waals surface area (Å²) in [5.41, 5.74) is 5.30. The standard InChI is InChI=1S/C22H23BrClN5O2/c1-14-3-5-16(12-17(14)21-18(23)13-25-28(21)2)26-22(30)27-19-6-4-15(24)11-20(19)29-7-9-31-10-8-29/h3-6,11-13H,7-10H2,1-2H3,(H2,26,27,30). The van der Waals surface area contributed by atoms with E-state index in [0.717, 1.165) is 40.1 Å². The molecule has 2 heterocycles. The topological polar surface area (TPSA) is 71.4 Å². The van der Waals surface area contributed by atoms with E-state index in [1.807, 2.05) is 44.3 Å². The van der Waals surface area contributed by atoms with Crippen molar-refractivity contribution in [3.63, 3.8) is 0 Å². The van der Waals surface area contributed by atoms with Crippen molar-refractivity contribution in [2.24, 2.45) is 7.05 Å². The molecule has 0 aliphatic carbocycles. The van der Waals surface area contributed by atoms with Crippen molar-refractivity contribution in [1.82, 2.24) is 9.78 Å². The fourth-order valence-corrected chi connectivity index (χ4v) is 4.36. The van der Waals surface area contributed by atoms with Gasteiger partial charge in [-0.05, 0) is 58.7 Å². The van der Waals surface area contributed by atoms with E-state index in [2.05, 4.69) is 36.6 Å². The van der Waals surface area contributed by atoms with Crippen molar-refractivity contribution in [2.75, 3.05) is 41.8 Å². The number of urea groups is 1. The van der Waals surface area contributed by atoms with Crippen LogP contribution in [0.15, 0.2) is 47.1 Å². The molecule has 0 bridgehead atoms. The Hall–Kier alpha value is -2.55. The van der Waals surface area contributed by atoms with Crippen molar-refractivity contribution in [3.05, 3.63) is 57.7 Å². The molecular formula is C22H23BrClN5O2. The molecule has 0 saturated carbocycles. The number of rotatable bonds is 4. The Morgan fingerprint density at radius 3 is 2.65 bits per heavy atom. The van der Waals surface area contributed by atoms with Crippen LogP contribution in [0.3, 0.4) is 0 Å². The smallest absolute Gasteiger partial charge is 0.323 e. The number of carbonyl (C=O) groups is 1. The van der Waals surface area contributed by atoms with Crippen LogP contribution in [-0.4, -0.2) is 42.1 Å². The third-order valence-electron chi connectivity index (χ3n) is 5.20. The molecule has 1 aliphatic heterocycles. The summed E-state index contributed by atoms with van der Waals surface area (Å²) < 4.78 is 8.14. The first-order chi connectivity index (χ1) is 14.9. The highest BCUT2D eigenvalue weighted by Crippen LogP contribution is 2.33. The van der Waals surface area contributed by atoms with E-state index in [9.17, 15) is 4.79 Å². The van der Waals surface area contributed by atoms with E-state index >= 15 is 0 Å². The van der Waals surface area contributed by atoms with E-state index in [-0.39, 0.29) is 6.03 Å². The second-order valence-corrected chi connectivity index (χ2v) is 8.63. The summed E-state index contributed by atoms with van der Waals surface area (Å²) in [6.07, 6.45) is 1.76. The van der Waals surface area contributed by atoms with Gasteiger partial charge in [0.1, 0.15) is 0 Å². The first kappa shape index (κ1) is 21.7. The van der Waals surface area contributed by atoms with Gasteiger partial charge in [-0.25, -0.2) is 4.79 Å². The number of amides is 2. The van der Waals surface area contributed by atoms with Gasteiger partial charge >= 0.3 is 6.03 Å². The van der Waals surface area contributed by atoms with Crippen LogP contribution in [0.2, 0.25) is 5.02 Å². The summed E-state index contributed by atoms with van der Waals surface area (Å²) in [6.45, 7) is 4.82. The molecule has 162 valence electrons. The lowest BCUT2D eigenvalue weighted by Gasteiger charge is -2.30. The lowest BCUT2D eigenvalue weighted by Crippen LogP contribution is -2.37.